The molecule has 0 unspecified atom stereocenters. The normalized spacial score (nSPS) is 11.7. The maximum Gasteiger partial charge on any atom is 0.164 e. The summed E-state index contributed by atoms with van der Waals surface area (Å²) in [5.41, 5.74) is 6.55. The van der Waals surface area contributed by atoms with Crippen LogP contribution in [0.5, 0.6) is 0 Å². The van der Waals surface area contributed by atoms with Crippen molar-refractivity contribution in [2.45, 2.75) is 0 Å². The average molecular weight is 626 g/mol. The van der Waals surface area contributed by atoms with Crippen molar-refractivity contribution in [2.24, 2.45) is 0 Å². The van der Waals surface area contributed by atoms with Gasteiger partial charge in [0.25, 0.3) is 0 Å². The van der Waals surface area contributed by atoms with Crippen LogP contribution in [0.15, 0.2) is 168 Å². The van der Waals surface area contributed by atoms with E-state index in [1.165, 1.54) is 26.9 Å². The van der Waals surface area contributed by atoms with Gasteiger partial charge >= 0.3 is 0 Å². The molecule has 0 amide bonds. The Kier molecular flexibility index (Phi) is 6.15. The van der Waals surface area contributed by atoms with E-state index in [0.29, 0.717) is 17.5 Å². The fourth-order valence-corrected chi connectivity index (χ4v) is 7.25. The van der Waals surface area contributed by atoms with Gasteiger partial charge in [-0.15, -0.1) is 0 Å². The Morgan fingerprint density at radius 1 is 0.327 bits per heavy atom. The first-order chi connectivity index (χ1) is 24.3. The number of benzene rings is 8. The number of furan rings is 1. The summed E-state index contributed by atoms with van der Waals surface area (Å²) in [6.45, 7) is 0. The monoisotopic (exact) mass is 625 g/mol. The number of nitrogens with zero attached hydrogens (tertiary/aromatic N) is 3. The van der Waals surface area contributed by atoms with Gasteiger partial charge in [-0.05, 0) is 56.1 Å². The molecule has 10 rings (SSSR count). The smallest absolute Gasteiger partial charge is 0.164 e. The van der Waals surface area contributed by atoms with Crippen LogP contribution < -0.4 is 0 Å². The van der Waals surface area contributed by atoms with E-state index in [9.17, 15) is 0 Å². The molecule has 2 heterocycles. The molecule has 0 fully saturated rings. The minimum atomic E-state index is 0.600. The van der Waals surface area contributed by atoms with Crippen LogP contribution in [0.2, 0.25) is 0 Å². The van der Waals surface area contributed by atoms with Gasteiger partial charge in [0, 0.05) is 33.0 Å². The van der Waals surface area contributed by atoms with Gasteiger partial charge in [-0.2, -0.15) is 0 Å². The van der Waals surface area contributed by atoms with Crippen molar-refractivity contribution in [3.63, 3.8) is 0 Å². The van der Waals surface area contributed by atoms with E-state index in [2.05, 4.69) is 115 Å². The average Bonchev–Trinajstić information content (AvgIpc) is 3.57. The standard InChI is InChI=1S/C45H27N3O/c1-3-12-28(13-4-1)33-26-27-38(41-37-18-9-10-21-39(37)49-42(33)41)45-47-43(31-15-5-2-6-16-31)46-44(48-45)36-20-11-19-35-34(36)25-24-30-23-22-29-14-7-8-17-32(29)40(30)35/h1-27H. The molecule has 228 valence electrons. The summed E-state index contributed by atoms with van der Waals surface area (Å²) in [4.78, 5) is 15.6. The Morgan fingerprint density at radius 2 is 0.939 bits per heavy atom. The first kappa shape index (κ1) is 27.5. The Morgan fingerprint density at radius 3 is 1.78 bits per heavy atom. The highest BCUT2D eigenvalue weighted by molar-refractivity contribution is 6.22. The Bertz CT molecular complexity index is 2880. The first-order valence-corrected chi connectivity index (χ1v) is 16.5. The van der Waals surface area contributed by atoms with Crippen LogP contribution in [0, 0.1) is 0 Å². The van der Waals surface area contributed by atoms with Crippen LogP contribution in [0.25, 0.3) is 99.5 Å². The van der Waals surface area contributed by atoms with E-state index < -0.39 is 0 Å². The van der Waals surface area contributed by atoms with E-state index in [-0.39, 0.29) is 0 Å². The minimum Gasteiger partial charge on any atom is -0.455 e. The van der Waals surface area contributed by atoms with Crippen LogP contribution >= 0.6 is 0 Å². The molecule has 0 saturated carbocycles. The summed E-state index contributed by atoms with van der Waals surface area (Å²) in [5, 5.41) is 9.18. The van der Waals surface area contributed by atoms with Gasteiger partial charge in [-0.3, -0.25) is 0 Å². The predicted octanol–water partition coefficient (Wildman–Crippen LogP) is 11.9. The molecule has 0 atom stereocenters. The zero-order chi connectivity index (χ0) is 32.3. The van der Waals surface area contributed by atoms with Crippen LogP contribution in [0.4, 0.5) is 0 Å². The summed E-state index contributed by atoms with van der Waals surface area (Å²) >= 11 is 0. The quantitative estimate of drug-likeness (QED) is 0.183. The molecule has 0 N–H and O–H groups in total. The van der Waals surface area contributed by atoms with Crippen LogP contribution in [-0.4, -0.2) is 15.0 Å². The third-order valence-electron chi connectivity index (χ3n) is 9.53. The van der Waals surface area contributed by atoms with Crippen molar-refractivity contribution in [3.05, 3.63) is 164 Å². The van der Waals surface area contributed by atoms with Crippen molar-refractivity contribution in [3.8, 4) is 45.3 Å². The molecular weight excluding hydrogens is 599 g/mol. The van der Waals surface area contributed by atoms with Crippen molar-refractivity contribution in [1.82, 2.24) is 15.0 Å². The molecule has 2 aromatic heterocycles. The first-order valence-electron chi connectivity index (χ1n) is 16.5. The second kappa shape index (κ2) is 11.0. The molecule has 4 nitrogen and oxygen atoms in total. The Labute approximate surface area is 282 Å². The lowest BCUT2D eigenvalue weighted by atomic mass is 9.94. The van der Waals surface area contributed by atoms with Crippen LogP contribution in [-0.2, 0) is 0 Å². The lowest BCUT2D eigenvalue weighted by Crippen LogP contribution is -2.01. The van der Waals surface area contributed by atoms with Gasteiger partial charge < -0.3 is 4.42 Å². The van der Waals surface area contributed by atoms with Gasteiger partial charge in [0.1, 0.15) is 11.2 Å². The largest absolute Gasteiger partial charge is 0.455 e. The van der Waals surface area contributed by atoms with Gasteiger partial charge in [0.15, 0.2) is 17.5 Å². The summed E-state index contributed by atoms with van der Waals surface area (Å²) in [6.07, 6.45) is 0. The Hall–Kier alpha value is -6.65. The lowest BCUT2D eigenvalue weighted by Gasteiger charge is -2.13. The van der Waals surface area contributed by atoms with Crippen LogP contribution in [0.3, 0.4) is 0 Å². The molecule has 49 heavy (non-hydrogen) atoms. The minimum absolute atomic E-state index is 0.600. The topological polar surface area (TPSA) is 51.8 Å². The molecule has 8 aromatic carbocycles. The second-order valence-corrected chi connectivity index (χ2v) is 12.4. The zero-order valence-electron chi connectivity index (χ0n) is 26.3. The second-order valence-electron chi connectivity index (χ2n) is 12.4. The summed E-state index contributed by atoms with van der Waals surface area (Å²) in [5.74, 6) is 1.85. The summed E-state index contributed by atoms with van der Waals surface area (Å²) in [6, 6.07) is 56.8. The molecule has 4 heteroatoms. The van der Waals surface area contributed by atoms with Crippen LogP contribution in [0.1, 0.15) is 0 Å². The van der Waals surface area contributed by atoms with E-state index in [1.54, 1.807) is 0 Å². The molecular formula is C45H27N3O. The number of para-hydroxylation sites is 1. The maximum atomic E-state index is 6.59. The fraction of sp³-hybridized carbons (Fsp3) is 0. The van der Waals surface area contributed by atoms with E-state index in [4.69, 9.17) is 19.4 Å². The van der Waals surface area contributed by atoms with E-state index >= 15 is 0 Å². The van der Waals surface area contributed by atoms with Gasteiger partial charge in [0.05, 0.1) is 0 Å². The maximum absolute atomic E-state index is 6.59. The lowest BCUT2D eigenvalue weighted by molar-refractivity contribution is 0.670. The Balaban J connectivity index is 1.27. The number of rotatable bonds is 4. The number of fused-ring (bicyclic) bond motifs is 8. The summed E-state index contributed by atoms with van der Waals surface area (Å²) in [7, 11) is 0. The molecule has 10 aromatic rings. The SMILES string of the molecule is c1ccc(-c2nc(-c3cccc4c3ccc3ccc5ccccc5c34)nc(-c3ccc(-c4ccccc4)c4oc5ccccc5c34)n2)cc1. The molecule has 0 bridgehead atoms. The molecule has 0 aliphatic rings. The number of hydrogen-bond donors (Lipinski definition) is 0. The number of hydrogen-bond acceptors (Lipinski definition) is 4. The molecule has 0 spiro atoms. The van der Waals surface area contributed by atoms with Crippen molar-refractivity contribution in [1.29, 1.82) is 0 Å². The zero-order valence-corrected chi connectivity index (χ0v) is 26.3. The van der Waals surface area contributed by atoms with Gasteiger partial charge in [0.2, 0.25) is 0 Å². The molecule has 0 saturated heterocycles. The van der Waals surface area contributed by atoms with Gasteiger partial charge in [-0.25, -0.2) is 15.0 Å². The molecule has 0 aliphatic heterocycles. The third kappa shape index (κ3) is 4.42. The highest BCUT2D eigenvalue weighted by Gasteiger charge is 2.21. The molecule has 0 aliphatic carbocycles. The molecule has 0 radical (unpaired) electrons. The fourth-order valence-electron chi connectivity index (χ4n) is 7.25. The summed E-state index contributed by atoms with van der Waals surface area (Å²) < 4.78 is 6.59. The van der Waals surface area contributed by atoms with Crippen molar-refractivity contribution >= 4 is 54.3 Å². The highest BCUT2D eigenvalue weighted by atomic mass is 16.3. The van der Waals surface area contributed by atoms with E-state index in [1.807, 2.05) is 48.5 Å². The highest BCUT2D eigenvalue weighted by Crippen LogP contribution is 2.42. The number of aromatic nitrogens is 3. The van der Waals surface area contributed by atoms with Gasteiger partial charge in [-0.1, -0.05) is 146 Å². The third-order valence-corrected chi connectivity index (χ3v) is 9.53. The van der Waals surface area contributed by atoms with Crippen molar-refractivity contribution < 1.29 is 4.42 Å². The van der Waals surface area contributed by atoms with Crippen molar-refractivity contribution in [2.75, 3.05) is 0 Å². The van der Waals surface area contributed by atoms with E-state index in [0.717, 1.165) is 55.1 Å². The predicted molar refractivity (Wildman–Crippen MR) is 201 cm³/mol.